The lowest BCUT2D eigenvalue weighted by molar-refractivity contribution is 0.389. The summed E-state index contributed by atoms with van der Waals surface area (Å²) in [4.78, 5) is 0. The van der Waals surface area contributed by atoms with E-state index >= 15 is 0 Å². The Labute approximate surface area is 148 Å². The molecule has 0 aliphatic carbocycles. The molecule has 0 saturated heterocycles. The van der Waals surface area contributed by atoms with Gasteiger partial charge in [0.15, 0.2) is 0 Å². The third-order valence-electron chi connectivity index (χ3n) is 5.08. The Morgan fingerprint density at radius 2 is 1.13 bits per heavy atom. The van der Waals surface area contributed by atoms with Gasteiger partial charge < -0.3 is 0 Å². The van der Waals surface area contributed by atoms with E-state index < -0.39 is 0 Å². The van der Waals surface area contributed by atoms with Crippen LogP contribution < -0.4 is 0 Å². The Morgan fingerprint density at radius 1 is 0.652 bits per heavy atom. The van der Waals surface area contributed by atoms with E-state index in [1.54, 1.807) is 5.57 Å². The van der Waals surface area contributed by atoms with Gasteiger partial charge in [-0.25, -0.2) is 0 Å². The average Bonchev–Trinajstić information content (AvgIpc) is 2.44. The monoisotopic (exact) mass is 322 g/mol. The molecule has 0 aromatic carbocycles. The fourth-order valence-electron chi connectivity index (χ4n) is 3.25. The molecular weight excluding hydrogens is 276 g/mol. The molecule has 0 N–H and O–H groups in total. The van der Waals surface area contributed by atoms with E-state index in [1.165, 1.54) is 64.2 Å². The molecular formula is C23H46. The first kappa shape index (κ1) is 22.7. The summed E-state index contributed by atoms with van der Waals surface area (Å²) in [6.07, 6.45) is 16.4. The maximum Gasteiger partial charge on any atom is -0.0323 e. The molecule has 0 spiro atoms. The van der Waals surface area contributed by atoms with Gasteiger partial charge in [-0.15, -0.1) is 0 Å². The van der Waals surface area contributed by atoms with Crippen molar-refractivity contribution in [2.75, 3.05) is 0 Å². The first-order chi connectivity index (χ1) is 10.8. The number of hydrogen-bond acceptors (Lipinski definition) is 0. The van der Waals surface area contributed by atoms with Crippen LogP contribution in [-0.2, 0) is 0 Å². The molecule has 138 valence electrons. The van der Waals surface area contributed by atoms with Gasteiger partial charge in [-0.3, -0.25) is 0 Å². The van der Waals surface area contributed by atoms with Gasteiger partial charge in [-0.05, 0) is 49.9 Å². The summed E-state index contributed by atoms with van der Waals surface area (Å²) in [6.45, 7) is 16.5. The smallest absolute Gasteiger partial charge is 0.0323 e. The highest BCUT2D eigenvalue weighted by molar-refractivity contribution is 4.97. The maximum absolute atomic E-state index is 2.45. The topological polar surface area (TPSA) is 0 Å². The van der Waals surface area contributed by atoms with Crippen LogP contribution in [0.5, 0.6) is 0 Å². The van der Waals surface area contributed by atoms with Gasteiger partial charge in [0.2, 0.25) is 0 Å². The minimum absolute atomic E-state index is 0.798. The second-order valence-corrected chi connectivity index (χ2v) is 9.04. The zero-order valence-electron chi connectivity index (χ0n) is 17.5. The van der Waals surface area contributed by atoms with E-state index in [9.17, 15) is 0 Å². The SMILES string of the molecule is C/C(=C\CC(C)C)CCC[C@H](C)CCC[C@H](C)CCCC(C)C. The molecule has 0 saturated carbocycles. The van der Waals surface area contributed by atoms with Gasteiger partial charge in [0.1, 0.15) is 0 Å². The molecule has 0 aliphatic heterocycles. The standard InChI is InChI=1S/C23H46/c1-19(2)11-8-12-21(5)13-9-14-22(6)15-10-16-23(7)18-17-20(3)4/h18-22H,8-17H2,1-7H3/b23-18+/t21-,22-/m1/s1. The summed E-state index contributed by atoms with van der Waals surface area (Å²) in [6, 6.07) is 0. The average molecular weight is 323 g/mol. The molecule has 0 aliphatic rings. The molecule has 0 fully saturated rings. The summed E-state index contributed by atoms with van der Waals surface area (Å²) in [5, 5.41) is 0. The quantitative estimate of drug-likeness (QED) is 0.281. The second kappa shape index (κ2) is 14.1. The Bertz CT molecular complexity index is 284. The number of hydrogen-bond donors (Lipinski definition) is 0. The van der Waals surface area contributed by atoms with E-state index in [2.05, 4.69) is 54.5 Å². The Hall–Kier alpha value is -0.260. The molecule has 0 heterocycles. The molecule has 0 aromatic rings. The van der Waals surface area contributed by atoms with E-state index in [4.69, 9.17) is 0 Å². The maximum atomic E-state index is 2.45. The fourth-order valence-corrected chi connectivity index (χ4v) is 3.25. The fraction of sp³-hybridized carbons (Fsp3) is 0.913. The lowest BCUT2D eigenvalue weighted by Gasteiger charge is -2.15. The third kappa shape index (κ3) is 16.4. The van der Waals surface area contributed by atoms with Crippen molar-refractivity contribution in [1.82, 2.24) is 0 Å². The highest BCUT2D eigenvalue weighted by Gasteiger charge is 2.06. The molecule has 0 unspecified atom stereocenters. The van der Waals surface area contributed by atoms with Crippen LogP contribution in [0.3, 0.4) is 0 Å². The van der Waals surface area contributed by atoms with Crippen LogP contribution in [0.4, 0.5) is 0 Å². The van der Waals surface area contributed by atoms with E-state index in [-0.39, 0.29) is 0 Å². The van der Waals surface area contributed by atoms with Gasteiger partial charge in [0.25, 0.3) is 0 Å². The van der Waals surface area contributed by atoms with Gasteiger partial charge in [-0.2, -0.15) is 0 Å². The molecule has 0 heteroatoms. The number of allylic oxidation sites excluding steroid dienone is 2. The van der Waals surface area contributed by atoms with Crippen LogP contribution in [0.2, 0.25) is 0 Å². The normalized spacial score (nSPS) is 15.4. The lowest BCUT2D eigenvalue weighted by atomic mass is 9.91. The Balaban J connectivity index is 3.59. The van der Waals surface area contributed by atoms with Gasteiger partial charge in [-0.1, -0.05) is 98.1 Å². The van der Waals surface area contributed by atoms with Crippen LogP contribution in [-0.4, -0.2) is 0 Å². The van der Waals surface area contributed by atoms with Crippen LogP contribution in [0.15, 0.2) is 11.6 Å². The highest BCUT2D eigenvalue weighted by atomic mass is 14.1. The van der Waals surface area contributed by atoms with E-state index in [0.717, 1.165) is 23.7 Å². The summed E-state index contributed by atoms with van der Waals surface area (Å²) in [5.74, 6) is 3.52. The van der Waals surface area contributed by atoms with Crippen molar-refractivity contribution in [3.05, 3.63) is 11.6 Å². The van der Waals surface area contributed by atoms with Crippen molar-refractivity contribution in [2.24, 2.45) is 23.7 Å². The predicted octanol–water partition coefficient (Wildman–Crippen LogP) is 8.42. The van der Waals surface area contributed by atoms with E-state index in [1.807, 2.05) is 0 Å². The largest absolute Gasteiger partial charge is 0.0854 e. The van der Waals surface area contributed by atoms with Crippen LogP contribution in [0, 0.1) is 23.7 Å². The van der Waals surface area contributed by atoms with Crippen molar-refractivity contribution in [3.63, 3.8) is 0 Å². The van der Waals surface area contributed by atoms with Crippen molar-refractivity contribution in [3.8, 4) is 0 Å². The molecule has 0 bridgehead atoms. The van der Waals surface area contributed by atoms with E-state index in [0.29, 0.717) is 0 Å². The first-order valence-electron chi connectivity index (χ1n) is 10.5. The molecule has 0 aromatic heterocycles. The summed E-state index contributed by atoms with van der Waals surface area (Å²) >= 11 is 0. The predicted molar refractivity (Wildman–Crippen MR) is 108 cm³/mol. The van der Waals surface area contributed by atoms with Crippen LogP contribution in [0.1, 0.15) is 113 Å². The molecule has 0 radical (unpaired) electrons. The molecule has 0 amide bonds. The second-order valence-electron chi connectivity index (χ2n) is 9.04. The molecule has 0 nitrogen and oxygen atoms in total. The van der Waals surface area contributed by atoms with Crippen molar-refractivity contribution in [2.45, 2.75) is 113 Å². The molecule has 2 atom stereocenters. The van der Waals surface area contributed by atoms with Crippen molar-refractivity contribution in [1.29, 1.82) is 0 Å². The van der Waals surface area contributed by atoms with Crippen molar-refractivity contribution < 1.29 is 0 Å². The zero-order valence-corrected chi connectivity index (χ0v) is 17.5. The van der Waals surface area contributed by atoms with Crippen LogP contribution >= 0.6 is 0 Å². The summed E-state index contributed by atoms with van der Waals surface area (Å²) < 4.78 is 0. The minimum Gasteiger partial charge on any atom is -0.0854 e. The van der Waals surface area contributed by atoms with Crippen molar-refractivity contribution >= 4 is 0 Å². The third-order valence-corrected chi connectivity index (χ3v) is 5.08. The Kier molecular flexibility index (Phi) is 14.0. The molecule has 23 heavy (non-hydrogen) atoms. The number of rotatable bonds is 14. The minimum atomic E-state index is 0.798. The van der Waals surface area contributed by atoms with Crippen LogP contribution in [0.25, 0.3) is 0 Å². The van der Waals surface area contributed by atoms with Gasteiger partial charge in [0, 0.05) is 0 Å². The van der Waals surface area contributed by atoms with Gasteiger partial charge >= 0.3 is 0 Å². The van der Waals surface area contributed by atoms with Gasteiger partial charge in [0.05, 0.1) is 0 Å². The first-order valence-corrected chi connectivity index (χ1v) is 10.5. The summed E-state index contributed by atoms with van der Waals surface area (Å²) in [7, 11) is 0. The zero-order chi connectivity index (χ0) is 17.7. The lowest BCUT2D eigenvalue weighted by Crippen LogP contribution is -2.00. The summed E-state index contributed by atoms with van der Waals surface area (Å²) in [5.41, 5.74) is 1.60. The molecule has 0 rings (SSSR count). The Morgan fingerprint density at radius 3 is 1.61 bits per heavy atom. The highest BCUT2D eigenvalue weighted by Crippen LogP contribution is 2.22.